The number of unbranched alkanes of at least 4 members (excludes halogenated alkanes) is 9. The van der Waals surface area contributed by atoms with Gasteiger partial charge in [-0.2, -0.15) is 0 Å². The summed E-state index contributed by atoms with van der Waals surface area (Å²) in [6, 6.07) is 0. The van der Waals surface area contributed by atoms with E-state index >= 15 is 0 Å². The molecule has 1 fully saturated rings. The van der Waals surface area contributed by atoms with Gasteiger partial charge in [-0.15, -0.1) is 5.06 Å². The fraction of sp³-hybridized carbons (Fsp3) is 0.964. The highest BCUT2D eigenvalue weighted by atomic mass is 16.7. The van der Waals surface area contributed by atoms with E-state index in [2.05, 4.69) is 41.5 Å². The summed E-state index contributed by atoms with van der Waals surface area (Å²) in [5, 5.41) is 1.88. The number of piperidine rings is 1. The van der Waals surface area contributed by atoms with E-state index in [1.807, 2.05) is 5.06 Å². The molecular weight excluding hydrogens is 382 g/mol. The highest BCUT2D eigenvalue weighted by molar-refractivity contribution is 5.75. The summed E-state index contributed by atoms with van der Waals surface area (Å²) in [7, 11) is 0. The summed E-state index contributed by atoms with van der Waals surface area (Å²) in [4.78, 5) is 18.5. The normalized spacial score (nSPS) is 17.0. The van der Waals surface area contributed by atoms with Crippen molar-refractivity contribution < 1.29 is 9.63 Å². The van der Waals surface area contributed by atoms with Crippen molar-refractivity contribution in [2.24, 2.45) is 16.7 Å². The Morgan fingerprint density at radius 3 is 1.87 bits per heavy atom. The van der Waals surface area contributed by atoms with Gasteiger partial charge < -0.3 is 4.84 Å². The average molecular weight is 438 g/mol. The van der Waals surface area contributed by atoms with Gasteiger partial charge in [0.1, 0.15) is 0 Å². The van der Waals surface area contributed by atoms with E-state index in [1.165, 1.54) is 83.5 Å². The molecule has 0 aromatic heterocycles. The number of hydrogen-bond acceptors (Lipinski definition) is 3. The van der Waals surface area contributed by atoms with Crippen LogP contribution in [0.4, 0.5) is 0 Å². The van der Waals surface area contributed by atoms with Crippen molar-refractivity contribution >= 4 is 5.97 Å². The number of hydrogen-bond donors (Lipinski definition) is 0. The predicted molar refractivity (Wildman–Crippen MR) is 134 cm³/mol. The summed E-state index contributed by atoms with van der Waals surface area (Å²) in [6.45, 7) is 15.3. The van der Waals surface area contributed by atoms with Crippen molar-refractivity contribution in [3.63, 3.8) is 0 Å². The highest BCUT2D eigenvalue weighted by Gasteiger charge is 2.34. The minimum atomic E-state index is -0.413. The second-order valence-electron chi connectivity index (χ2n) is 11.9. The van der Waals surface area contributed by atoms with Crippen LogP contribution in [0, 0.1) is 16.7 Å². The van der Waals surface area contributed by atoms with E-state index in [4.69, 9.17) is 4.84 Å². The number of carbonyl (C=O) groups excluding carboxylic acids is 1. The molecule has 1 aliphatic heterocycles. The van der Waals surface area contributed by atoms with Crippen LogP contribution in [0.1, 0.15) is 144 Å². The van der Waals surface area contributed by atoms with E-state index in [0.29, 0.717) is 11.3 Å². The first-order valence-electron chi connectivity index (χ1n) is 13.6. The molecule has 0 radical (unpaired) electrons. The number of rotatable bonds is 17. The Kier molecular flexibility index (Phi) is 14.0. The molecule has 184 valence electrons. The monoisotopic (exact) mass is 437 g/mol. The molecule has 0 amide bonds. The third kappa shape index (κ3) is 13.5. The Bertz CT molecular complexity index is 466. The fourth-order valence-corrected chi connectivity index (χ4v) is 5.36. The molecule has 0 saturated carbocycles. The van der Waals surface area contributed by atoms with Gasteiger partial charge >= 0.3 is 5.97 Å². The van der Waals surface area contributed by atoms with E-state index in [-0.39, 0.29) is 5.97 Å². The minimum absolute atomic E-state index is 0.0475. The number of nitrogens with zero attached hydrogens (tertiary/aromatic N) is 1. The highest BCUT2D eigenvalue weighted by Crippen LogP contribution is 2.37. The molecule has 0 aliphatic carbocycles. The summed E-state index contributed by atoms with van der Waals surface area (Å²) >= 11 is 0. The number of carbonyl (C=O) groups is 1. The Hall–Kier alpha value is -0.570. The van der Waals surface area contributed by atoms with E-state index in [9.17, 15) is 4.79 Å². The van der Waals surface area contributed by atoms with Gasteiger partial charge in [-0.3, -0.25) is 0 Å². The lowest BCUT2D eigenvalue weighted by atomic mass is 9.74. The van der Waals surface area contributed by atoms with Crippen LogP contribution < -0.4 is 0 Å². The molecule has 1 heterocycles. The van der Waals surface area contributed by atoms with Gasteiger partial charge in [0.25, 0.3) is 0 Å². The van der Waals surface area contributed by atoms with Gasteiger partial charge in [0.05, 0.1) is 5.41 Å². The molecule has 3 nitrogen and oxygen atoms in total. The van der Waals surface area contributed by atoms with Crippen LogP contribution >= 0.6 is 0 Å². The first-order chi connectivity index (χ1) is 14.7. The van der Waals surface area contributed by atoms with Crippen molar-refractivity contribution in [1.29, 1.82) is 0 Å². The van der Waals surface area contributed by atoms with Crippen LogP contribution in [0.15, 0.2) is 0 Å². The second kappa shape index (κ2) is 15.3. The average Bonchev–Trinajstić information content (AvgIpc) is 2.69. The topological polar surface area (TPSA) is 29.5 Å². The van der Waals surface area contributed by atoms with Crippen molar-refractivity contribution in [1.82, 2.24) is 5.06 Å². The molecule has 3 heteroatoms. The molecule has 0 bridgehead atoms. The van der Waals surface area contributed by atoms with Crippen molar-refractivity contribution in [2.75, 3.05) is 13.1 Å². The lowest BCUT2D eigenvalue weighted by molar-refractivity contribution is -0.205. The van der Waals surface area contributed by atoms with Crippen molar-refractivity contribution in [3.05, 3.63) is 0 Å². The van der Waals surface area contributed by atoms with Gasteiger partial charge in [0.2, 0.25) is 0 Å². The van der Waals surface area contributed by atoms with Crippen molar-refractivity contribution in [2.45, 2.75) is 144 Å². The van der Waals surface area contributed by atoms with Crippen molar-refractivity contribution in [3.8, 4) is 0 Å². The standard InChI is InChI=1S/C28H55NO2/c1-7-8-9-10-11-12-13-14-15-17-20-27(3,4)23-25(2)24-28(5,6)26(30)31-29-21-18-16-19-22-29/h25H,7-24H2,1-6H3. The Balaban J connectivity index is 2.20. The lowest BCUT2D eigenvalue weighted by Crippen LogP contribution is -2.38. The van der Waals surface area contributed by atoms with Gasteiger partial charge in [0.15, 0.2) is 0 Å². The van der Waals surface area contributed by atoms with Crippen LogP contribution in [-0.4, -0.2) is 24.1 Å². The summed E-state index contributed by atoms with van der Waals surface area (Å²) < 4.78 is 0. The molecule has 0 aromatic carbocycles. The Morgan fingerprint density at radius 2 is 1.32 bits per heavy atom. The molecule has 0 aromatic rings. The van der Waals surface area contributed by atoms with Crippen LogP contribution in [-0.2, 0) is 9.63 Å². The largest absolute Gasteiger partial charge is 0.367 e. The molecular formula is C28H55NO2. The zero-order chi connectivity index (χ0) is 23.2. The maximum atomic E-state index is 12.7. The van der Waals surface area contributed by atoms with Crippen LogP contribution in [0.2, 0.25) is 0 Å². The maximum Gasteiger partial charge on any atom is 0.330 e. The SMILES string of the molecule is CCCCCCCCCCCCC(C)(C)CC(C)CC(C)(C)C(=O)ON1CCCCC1. The number of hydroxylamine groups is 2. The van der Waals surface area contributed by atoms with E-state index < -0.39 is 5.41 Å². The zero-order valence-electron chi connectivity index (χ0n) is 22.1. The smallest absolute Gasteiger partial charge is 0.330 e. The first-order valence-corrected chi connectivity index (χ1v) is 13.6. The van der Waals surface area contributed by atoms with Crippen LogP contribution in [0.25, 0.3) is 0 Å². The Morgan fingerprint density at radius 1 is 0.806 bits per heavy atom. The van der Waals surface area contributed by atoms with Crippen LogP contribution in [0.3, 0.4) is 0 Å². The van der Waals surface area contributed by atoms with Gasteiger partial charge in [0, 0.05) is 13.1 Å². The molecule has 1 rings (SSSR count). The summed E-state index contributed by atoms with van der Waals surface area (Å²) in [5.74, 6) is 0.482. The molecule has 0 spiro atoms. The third-order valence-corrected chi connectivity index (χ3v) is 7.05. The molecule has 31 heavy (non-hydrogen) atoms. The molecule has 0 N–H and O–H groups in total. The summed E-state index contributed by atoms with van der Waals surface area (Å²) in [5.41, 5.74) is -0.0590. The maximum absolute atomic E-state index is 12.7. The Labute approximate surface area is 195 Å². The second-order valence-corrected chi connectivity index (χ2v) is 11.9. The van der Waals surface area contributed by atoms with E-state index in [0.717, 1.165) is 32.4 Å². The van der Waals surface area contributed by atoms with Gasteiger partial charge in [-0.1, -0.05) is 98.3 Å². The zero-order valence-corrected chi connectivity index (χ0v) is 22.1. The lowest BCUT2D eigenvalue weighted by Gasteiger charge is -2.34. The first kappa shape index (κ1) is 28.5. The van der Waals surface area contributed by atoms with Crippen LogP contribution in [0.5, 0.6) is 0 Å². The summed E-state index contributed by atoms with van der Waals surface area (Å²) in [6.07, 6.45) is 20.9. The van der Waals surface area contributed by atoms with E-state index in [1.54, 1.807) is 0 Å². The predicted octanol–water partition coefficient (Wildman–Crippen LogP) is 8.71. The van der Waals surface area contributed by atoms with Gasteiger partial charge in [-0.25, -0.2) is 4.79 Å². The quantitative estimate of drug-likeness (QED) is 0.213. The molecule has 1 unspecified atom stereocenters. The molecule has 1 atom stereocenters. The molecule has 1 saturated heterocycles. The van der Waals surface area contributed by atoms with Gasteiger partial charge in [-0.05, 0) is 57.3 Å². The fourth-order valence-electron chi connectivity index (χ4n) is 5.36. The third-order valence-electron chi connectivity index (χ3n) is 7.05. The molecule has 1 aliphatic rings. The minimum Gasteiger partial charge on any atom is -0.367 e.